The second-order valence-electron chi connectivity index (χ2n) is 5.85. The van der Waals surface area contributed by atoms with Gasteiger partial charge in [-0.05, 0) is 6.26 Å². The number of ether oxygens (including phenoxy) is 1. The van der Waals surface area contributed by atoms with Crippen LogP contribution in [-0.4, -0.2) is 73.4 Å². The summed E-state index contributed by atoms with van der Waals surface area (Å²) in [7, 11) is -5.09. The number of aliphatic hydroxyl groups is 2. The number of hydrogen-bond donors (Lipinski definition) is 4. The van der Waals surface area contributed by atoms with E-state index in [1.165, 1.54) is 22.7 Å². The van der Waals surface area contributed by atoms with Gasteiger partial charge in [0, 0.05) is 0 Å². The molecule has 29 heavy (non-hydrogen) atoms. The van der Waals surface area contributed by atoms with E-state index in [0.29, 0.717) is 5.16 Å². The number of thioether (sulfide) groups is 1. The molecule has 2 aromatic heterocycles. The molecule has 18 heteroatoms. The van der Waals surface area contributed by atoms with Gasteiger partial charge in [0.1, 0.15) is 23.8 Å². The molecule has 3 rings (SSSR count). The molecular weight excluding hydrogens is 451 g/mol. The summed E-state index contributed by atoms with van der Waals surface area (Å²) in [6.45, 7) is -0.720. The normalized spacial score (nSPS) is 29.0. The Morgan fingerprint density at radius 2 is 2.10 bits per heavy atom. The minimum absolute atomic E-state index is 0.110. The van der Waals surface area contributed by atoms with Crippen LogP contribution in [0.15, 0.2) is 11.5 Å². The lowest BCUT2D eigenvalue weighted by molar-refractivity contribution is -0.211. The molecule has 1 fully saturated rings. The molecule has 14 nitrogen and oxygen atoms in total. The number of phosphoric acid groups is 1. The molecule has 0 bridgehead atoms. The summed E-state index contributed by atoms with van der Waals surface area (Å²) in [5.41, 5.74) is 6.33. The minimum Gasteiger partial charge on any atom is -0.756 e. The van der Waals surface area contributed by atoms with Crippen LogP contribution in [0.2, 0.25) is 0 Å². The third kappa shape index (κ3) is 4.99. The molecule has 0 saturated carbocycles. The zero-order valence-electron chi connectivity index (χ0n) is 14.6. The van der Waals surface area contributed by atoms with Gasteiger partial charge in [0.15, 0.2) is 22.8 Å². The predicted octanol–water partition coefficient (Wildman–Crippen LogP) is -1.48. The lowest BCUT2D eigenvalue weighted by Crippen LogP contribution is -2.33. The lowest BCUT2D eigenvalue weighted by atomic mass is 10.1. The maximum Gasteiger partial charge on any atom is 0.269 e. The van der Waals surface area contributed by atoms with Gasteiger partial charge >= 0.3 is 0 Å². The number of hydrogen-bond acceptors (Lipinski definition) is 13. The van der Waals surface area contributed by atoms with E-state index in [9.17, 15) is 24.2 Å². The van der Waals surface area contributed by atoms with E-state index in [0.717, 1.165) is 0 Å². The van der Waals surface area contributed by atoms with Crippen LogP contribution in [0.1, 0.15) is 6.23 Å². The second kappa shape index (κ2) is 8.23. The zero-order valence-corrected chi connectivity index (χ0v) is 17.2. The Balaban J connectivity index is 1.80. The lowest BCUT2D eigenvalue weighted by Gasteiger charge is -2.31. The first-order chi connectivity index (χ1) is 13.4. The molecule has 1 aliphatic rings. The van der Waals surface area contributed by atoms with Gasteiger partial charge in [-0.1, -0.05) is 11.8 Å². The van der Waals surface area contributed by atoms with Crippen LogP contribution in [0.25, 0.3) is 11.2 Å². The van der Waals surface area contributed by atoms with Crippen LogP contribution in [0.3, 0.4) is 0 Å². The number of aliphatic hydroxyl groups excluding tert-OH is 2. The van der Waals surface area contributed by atoms with Crippen molar-refractivity contribution in [1.29, 1.82) is 0 Å². The Kier molecular flexibility index (Phi) is 6.42. The highest BCUT2D eigenvalue weighted by molar-refractivity contribution is 7.98. The number of fused-ring (bicyclic) bond motifs is 1. The molecule has 5 N–H and O–H groups in total. The molecule has 2 aromatic rings. The Morgan fingerprint density at radius 1 is 1.41 bits per heavy atom. The van der Waals surface area contributed by atoms with Crippen molar-refractivity contribution in [2.24, 2.45) is 0 Å². The molecular formula is C11H15BN5O9P2S-2. The fourth-order valence-corrected chi connectivity index (χ4v) is 4.70. The van der Waals surface area contributed by atoms with Crippen molar-refractivity contribution >= 4 is 51.6 Å². The SMILES string of the molecule is [B-]P(=O)(OC[C@H]1O[C@@H](n2cnc3c(N)nc(SC)nc32)[C@H](O)[C@@H]1O)OP(=O)([O-])O. The number of imidazole rings is 1. The van der Waals surface area contributed by atoms with Crippen molar-refractivity contribution < 1.29 is 42.7 Å². The van der Waals surface area contributed by atoms with Gasteiger partial charge in [0.05, 0.1) is 20.4 Å². The standard InChI is InChI=1S/C11H16BN5O9P2S/c1-29-11-15-8(13)5-9(16-11)17(3-14-5)10-7(19)6(18)4(25-10)2-24-27(12,20)26-28(21,22)23/h3-4,6-7,10,18-19H,2H2,1H3,(H2,13,15,16)(H2,21,22,23)/q-1/p-1/t4-,6-,7-,10-,27?/m1/s1. The fraction of sp³-hybridized carbons (Fsp3) is 0.545. The second-order valence-corrected chi connectivity index (χ2v) is 9.55. The number of anilines is 1. The van der Waals surface area contributed by atoms with Crippen molar-refractivity contribution in [2.75, 3.05) is 18.6 Å². The maximum atomic E-state index is 11.7. The molecule has 6 atom stereocenters. The Bertz CT molecular complexity index is 1000. The van der Waals surface area contributed by atoms with E-state index in [1.807, 2.05) is 0 Å². The van der Waals surface area contributed by atoms with E-state index in [4.69, 9.17) is 22.9 Å². The Hall–Kier alpha value is -1.06. The maximum absolute atomic E-state index is 11.7. The van der Waals surface area contributed by atoms with Crippen molar-refractivity contribution in [3.05, 3.63) is 6.33 Å². The van der Waals surface area contributed by atoms with Crippen molar-refractivity contribution in [3.8, 4) is 0 Å². The number of nitrogens with zero attached hydrogens (tertiary/aromatic N) is 4. The first kappa shape index (κ1) is 22.6. The van der Waals surface area contributed by atoms with Crippen LogP contribution in [0.4, 0.5) is 5.82 Å². The monoisotopic (exact) mass is 466 g/mol. The summed E-state index contributed by atoms with van der Waals surface area (Å²) in [4.78, 5) is 31.6. The first-order valence-electron chi connectivity index (χ1n) is 7.76. The molecule has 0 aromatic carbocycles. The number of aromatic nitrogens is 4. The Labute approximate surface area is 168 Å². The van der Waals surface area contributed by atoms with Crippen LogP contribution in [-0.2, 0) is 22.7 Å². The zero-order chi connectivity index (χ0) is 21.6. The summed E-state index contributed by atoms with van der Waals surface area (Å²) in [5, 5.41) is 20.9. The van der Waals surface area contributed by atoms with Gasteiger partial charge in [-0.2, -0.15) is 0 Å². The molecule has 0 aliphatic carbocycles. The number of nitrogens with two attached hydrogens (primary N) is 1. The minimum atomic E-state index is -5.42. The topological polar surface area (TPSA) is 215 Å². The average molecular weight is 466 g/mol. The van der Waals surface area contributed by atoms with Crippen LogP contribution >= 0.6 is 27.1 Å². The van der Waals surface area contributed by atoms with E-state index >= 15 is 0 Å². The van der Waals surface area contributed by atoms with E-state index in [2.05, 4.69) is 23.8 Å². The van der Waals surface area contributed by atoms with Crippen LogP contribution in [0, 0.1) is 0 Å². The summed E-state index contributed by atoms with van der Waals surface area (Å²) < 4.78 is 37.6. The summed E-state index contributed by atoms with van der Waals surface area (Å²) in [5.74, 6) is 0.110. The molecule has 2 unspecified atom stereocenters. The van der Waals surface area contributed by atoms with Crippen LogP contribution in [0.5, 0.6) is 0 Å². The van der Waals surface area contributed by atoms with Gasteiger partial charge in [0.25, 0.3) is 7.82 Å². The smallest absolute Gasteiger partial charge is 0.269 e. The third-order valence-corrected chi connectivity index (χ3v) is 6.65. The van der Waals surface area contributed by atoms with E-state index in [-0.39, 0.29) is 17.0 Å². The molecule has 3 radical (unpaired) electrons. The number of rotatable bonds is 7. The van der Waals surface area contributed by atoms with Crippen molar-refractivity contribution in [3.63, 3.8) is 0 Å². The molecule has 0 amide bonds. The van der Waals surface area contributed by atoms with Gasteiger partial charge in [-0.15, -0.1) is 0 Å². The highest BCUT2D eigenvalue weighted by atomic mass is 32.2. The molecule has 1 saturated heterocycles. The summed E-state index contributed by atoms with van der Waals surface area (Å²) >= 11 is 1.23. The molecule has 0 spiro atoms. The Morgan fingerprint density at radius 3 is 2.72 bits per heavy atom. The fourth-order valence-electron chi connectivity index (χ4n) is 2.64. The van der Waals surface area contributed by atoms with Gasteiger partial charge in [-0.3, -0.25) is 13.4 Å². The van der Waals surface area contributed by atoms with Gasteiger partial charge in [0.2, 0.25) is 0 Å². The third-order valence-electron chi connectivity index (χ3n) is 3.86. The number of nitrogen functional groups attached to an aromatic ring is 1. The van der Waals surface area contributed by atoms with Crippen LogP contribution < -0.4 is 10.6 Å². The van der Waals surface area contributed by atoms with Crippen molar-refractivity contribution in [1.82, 2.24) is 19.5 Å². The highest BCUT2D eigenvalue weighted by Crippen LogP contribution is 2.55. The van der Waals surface area contributed by atoms with E-state index < -0.39 is 46.4 Å². The summed E-state index contributed by atoms with van der Waals surface area (Å²) in [6.07, 6.45) is -2.48. The van der Waals surface area contributed by atoms with Crippen molar-refractivity contribution in [2.45, 2.75) is 29.7 Å². The average Bonchev–Trinajstić information content (AvgIpc) is 3.13. The largest absolute Gasteiger partial charge is 0.756 e. The quantitative estimate of drug-likeness (QED) is 0.159. The van der Waals surface area contributed by atoms with E-state index in [1.54, 1.807) is 6.26 Å². The molecule has 3 heterocycles. The van der Waals surface area contributed by atoms with Gasteiger partial charge in [-0.25, -0.2) is 15.0 Å². The highest BCUT2D eigenvalue weighted by Gasteiger charge is 2.44. The van der Waals surface area contributed by atoms with Gasteiger partial charge < -0.3 is 47.1 Å². The summed E-state index contributed by atoms with van der Waals surface area (Å²) in [6, 6.07) is 0. The predicted molar refractivity (Wildman–Crippen MR) is 97.7 cm³/mol. The molecule has 1 aliphatic heterocycles. The first-order valence-corrected chi connectivity index (χ1v) is 12.1. The molecule has 159 valence electrons.